The van der Waals surface area contributed by atoms with Crippen LogP contribution in [-0.4, -0.2) is 52.3 Å². The number of nitrogens with zero attached hydrogens (tertiary/aromatic N) is 8. The molecule has 0 saturated heterocycles. The van der Waals surface area contributed by atoms with Gasteiger partial charge in [0.2, 0.25) is 11.9 Å². The number of ether oxygens (including phenoxy) is 2. The molecule has 2 atom stereocenters. The Hall–Kier alpha value is -7.28. The summed E-state index contributed by atoms with van der Waals surface area (Å²) in [6, 6.07) is 33.2. The van der Waals surface area contributed by atoms with Crippen LogP contribution in [0.25, 0.3) is 11.4 Å². The molecule has 4 aliphatic rings. The van der Waals surface area contributed by atoms with Crippen molar-refractivity contribution in [2.24, 2.45) is 0 Å². The van der Waals surface area contributed by atoms with Crippen molar-refractivity contribution >= 4 is 46.5 Å². The number of benzene rings is 4. The number of halogens is 2. The molecule has 4 aromatic heterocycles. The maximum absolute atomic E-state index is 6.11. The molecule has 0 radical (unpaired) electrons. The Balaban J connectivity index is 0.000000149. The zero-order valence-electron chi connectivity index (χ0n) is 37.2. The highest BCUT2D eigenvalue weighted by atomic mass is 35.5. The summed E-state index contributed by atoms with van der Waals surface area (Å²) in [7, 11) is 0. The maximum atomic E-state index is 6.11. The van der Waals surface area contributed by atoms with Gasteiger partial charge < -0.3 is 29.2 Å². The van der Waals surface area contributed by atoms with Gasteiger partial charge in [-0.25, -0.2) is 29.9 Å². The predicted molar refractivity (Wildman–Crippen MR) is 267 cm³/mol. The Morgan fingerprint density at radius 1 is 0.515 bits per heavy atom. The van der Waals surface area contributed by atoms with E-state index >= 15 is 0 Å². The number of rotatable bonds is 4. The van der Waals surface area contributed by atoms with E-state index in [1.165, 1.54) is 22.3 Å². The molecule has 68 heavy (non-hydrogen) atoms. The van der Waals surface area contributed by atoms with E-state index in [4.69, 9.17) is 52.6 Å². The quantitative estimate of drug-likeness (QED) is 0.165. The van der Waals surface area contributed by atoms with Gasteiger partial charge in [0, 0.05) is 59.1 Å². The summed E-state index contributed by atoms with van der Waals surface area (Å²) < 4.78 is 15.9. The van der Waals surface area contributed by atoms with Crippen molar-refractivity contribution in [3.05, 3.63) is 202 Å². The number of aryl methyl sites for hydroxylation is 2. The van der Waals surface area contributed by atoms with E-state index in [-0.39, 0.29) is 0 Å². The lowest BCUT2D eigenvalue weighted by molar-refractivity contribution is 0.361. The Bertz CT molecular complexity index is 2940. The Morgan fingerprint density at radius 2 is 0.971 bits per heavy atom. The topological polar surface area (TPSA) is 130 Å². The average Bonchev–Trinajstić information content (AvgIpc) is 4.19. The average molecular weight is 940 g/mol. The van der Waals surface area contributed by atoms with Gasteiger partial charge in [0.25, 0.3) is 0 Å². The predicted octanol–water partition coefficient (Wildman–Crippen LogP) is 12.0. The first-order valence-electron chi connectivity index (χ1n) is 23.2. The molecule has 0 spiro atoms. The van der Waals surface area contributed by atoms with Crippen LogP contribution in [-0.2, 0) is 25.7 Å². The van der Waals surface area contributed by atoms with Crippen molar-refractivity contribution < 1.29 is 9.47 Å². The van der Waals surface area contributed by atoms with E-state index in [0.717, 1.165) is 108 Å². The monoisotopic (exact) mass is 938 g/mol. The third-order valence-corrected chi connectivity index (χ3v) is 13.3. The van der Waals surface area contributed by atoms with Crippen LogP contribution in [0.15, 0.2) is 146 Å². The normalized spacial score (nSPS) is 18.0. The second-order valence-corrected chi connectivity index (χ2v) is 18.0. The molecule has 12 nitrogen and oxygen atoms in total. The Kier molecular flexibility index (Phi) is 12.4. The first-order chi connectivity index (χ1) is 33.5. The van der Waals surface area contributed by atoms with Crippen LogP contribution in [0.1, 0.15) is 82.5 Å². The number of nitrogens with one attached hydrogen (secondary N) is 2. The van der Waals surface area contributed by atoms with E-state index in [2.05, 4.69) is 106 Å². The first-order valence-corrected chi connectivity index (χ1v) is 23.9. The lowest BCUT2D eigenvalue weighted by Gasteiger charge is -2.16. The molecule has 0 saturated carbocycles. The molecule has 0 amide bonds. The minimum atomic E-state index is 0.303. The number of aromatic nitrogens is 8. The van der Waals surface area contributed by atoms with Crippen LogP contribution in [0.3, 0.4) is 0 Å². The third kappa shape index (κ3) is 9.34. The second kappa shape index (κ2) is 19.5. The summed E-state index contributed by atoms with van der Waals surface area (Å²) in [5, 5.41) is 7.74. The van der Waals surface area contributed by atoms with Gasteiger partial charge in [-0.1, -0.05) is 108 Å². The van der Waals surface area contributed by atoms with Gasteiger partial charge in [-0.2, -0.15) is 0 Å². The number of fused-ring (bicyclic) bond motifs is 12. The molecule has 2 aliphatic heterocycles. The summed E-state index contributed by atoms with van der Waals surface area (Å²) in [5.74, 6) is 3.32. The highest BCUT2D eigenvalue weighted by molar-refractivity contribution is 6.29. The fraction of sp³-hybridized carbons (Fsp3) is 0.222. The molecule has 14 heteroatoms. The maximum Gasteiger partial charge on any atom is 0.227 e. The molecule has 12 rings (SSSR count). The summed E-state index contributed by atoms with van der Waals surface area (Å²) in [5.41, 5.74) is 13.3. The Labute approximate surface area is 404 Å². The van der Waals surface area contributed by atoms with Crippen molar-refractivity contribution in [1.82, 2.24) is 39.0 Å². The third-order valence-electron chi connectivity index (χ3n) is 12.9. The molecule has 2 aliphatic carbocycles. The van der Waals surface area contributed by atoms with Crippen molar-refractivity contribution in [1.29, 1.82) is 0 Å². The fourth-order valence-electron chi connectivity index (χ4n) is 9.67. The van der Waals surface area contributed by atoms with E-state index < -0.39 is 0 Å². The van der Waals surface area contributed by atoms with Gasteiger partial charge in [0.1, 0.15) is 47.7 Å². The lowest BCUT2D eigenvalue weighted by Crippen LogP contribution is -2.08. The van der Waals surface area contributed by atoms with Gasteiger partial charge in [-0.15, -0.1) is 0 Å². The summed E-state index contributed by atoms with van der Waals surface area (Å²) in [4.78, 5) is 28.2. The van der Waals surface area contributed by atoms with Gasteiger partial charge in [-0.3, -0.25) is 0 Å². The largest absolute Gasteiger partial charge is 0.487 e. The van der Waals surface area contributed by atoms with Crippen molar-refractivity contribution in [3.8, 4) is 22.9 Å². The smallest absolute Gasteiger partial charge is 0.227 e. The van der Waals surface area contributed by atoms with E-state index in [1.54, 1.807) is 25.0 Å². The van der Waals surface area contributed by atoms with Crippen molar-refractivity contribution in [2.45, 2.75) is 63.2 Å². The molecule has 0 fully saturated rings. The SMILES string of the molecule is Clc1cn(-c2ccc3cc2OC/C=C/CCc2nc(nc4c2CCC4c2ccccc2)N3)cn1.Clc1cn(-c2ccc3cc2OC/C=C\CCc2nc(nc4c2CCC4c2ccccc2)N3)cn1. The van der Waals surface area contributed by atoms with Gasteiger partial charge in [-0.05, 0) is 97.9 Å². The van der Waals surface area contributed by atoms with Gasteiger partial charge >= 0.3 is 0 Å². The van der Waals surface area contributed by atoms with Crippen LogP contribution >= 0.6 is 23.2 Å². The summed E-state index contributed by atoms with van der Waals surface area (Å²) in [6.07, 6.45) is 23.1. The zero-order valence-corrected chi connectivity index (χ0v) is 38.7. The molecular weight excluding hydrogens is 892 g/mol. The summed E-state index contributed by atoms with van der Waals surface area (Å²) >= 11 is 12.1. The van der Waals surface area contributed by atoms with Gasteiger partial charge in [0.05, 0.1) is 22.8 Å². The van der Waals surface area contributed by atoms with E-state index in [1.807, 2.05) is 45.5 Å². The molecule has 8 aromatic rings. The molecule has 4 aromatic carbocycles. The van der Waals surface area contributed by atoms with E-state index in [0.29, 0.717) is 47.3 Å². The summed E-state index contributed by atoms with van der Waals surface area (Å²) in [6.45, 7) is 0.965. The van der Waals surface area contributed by atoms with Crippen LogP contribution in [0.2, 0.25) is 10.3 Å². The van der Waals surface area contributed by atoms with Gasteiger partial charge in [0.15, 0.2) is 0 Å². The van der Waals surface area contributed by atoms with E-state index in [9.17, 15) is 0 Å². The molecule has 340 valence electrons. The fourth-order valence-corrected chi connectivity index (χ4v) is 9.96. The number of hydrogen-bond donors (Lipinski definition) is 2. The lowest BCUT2D eigenvalue weighted by atomic mass is 9.96. The zero-order chi connectivity index (χ0) is 45.8. The van der Waals surface area contributed by atoms with Crippen LogP contribution < -0.4 is 20.1 Å². The first kappa shape index (κ1) is 43.3. The molecule has 6 heterocycles. The minimum Gasteiger partial charge on any atom is -0.487 e. The molecule has 2 N–H and O–H groups in total. The van der Waals surface area contributed by atoms with Crippen LogP contribution in [0, 0.1) is 0 Å². The molecular formula is C54H48Cl2N10O2. The highest BCUT2D eigenvalue weighted by Crippen LogP contribution is 2.41. The Morgan fingerprint density at radius 3 is 1.40 bits per heavy atom. The minimum absolute atomic E-state index is 0.303. The number of allylic oxidation sites excluding steroid dienone is 2. The highest BCUT2D eigenvalue weighted by Gasteiger charge is 2.31. The number of hydrogen-bond acceptors (Lipinski definition) is 10. The van der Waals surface area contributed by atoms with Crippen molar-refractivity contribution in [2.75, 3.05) is 23.8 Å². The molecule has 8 bridgehead atoms. The van der Waals surface area contributed by atoms with Crippen molar-refractivity contribution in [3.63, 3.8) is 0 Å². The van der Waals surface area contributed by atoms with Crippen LogP contribution in [0.4, 0.5) is 23.3 Å². The van der Waals surface area contributed by atoms with Crippen LogP contribution in [0.5, 0.6) is 11.5 Å². The second-order valence-electron chi connectivity index (χ2n) is 17.2. The molecule has 2 unspecified atom stereocenters. The standard InChI is InChI=1S/2C27H24ClN5O/c2*28-25-16-33(17-29-25)23-13-10-19-15-24(23)34-14-6-2-5-9-22-21-12-11-20(18-7-3-1-4-8-18)26(21)32-27(30-19)31-22/h2*1-4,6-8,10,13,15-17,20H,5,9,11-12,14H2,(H,30,31,32)/b6-2+;6-2-. The number of anilines is 4. The number of imidazole rings is 2.